The zero-order valence-corrected chi connectivity index (χ0v) is 17.7. The number of benzene rings is 1. The van der Waals surface area contributed by atoms with E-state index in [-0.39, 0.29) is 11.9 Å². The van der Waals surface area contributed by atoms with E-state index in [0.717, 1.165) is 24.6 Å². The molecule has 1 amide bonds. The summed E-state index contributed by atoms with van der Waals surface area (Å²) >= 11 is 3.95. The van der Waals surface area contributed by atoms with Gasteiger partial charge in [0.1, 0.15) is 11.5 Å². The largest absolute Gasteiger partial charge is 0.465 e. The van der Waals surface area contributed by atoms with Crippen LogP contribution in [0.15, 0.2) is 40.8 Å². The molecule has 1 atom stereocenters. The molecule has 7 heteroatoms. The molecule has 1 unspecified atom stereocenters. The molecule has 0 aliphatic carbocycles. The van der Waals surface area contributed by atoms with Crippen molar-refractivity contribution in [2.75, 3.05) is 44.4 Å². The fourth-order valence-electron chi connectivity index (χ4n) is 3.57. The van der Waals surface area contributed by atoms with Crippen molar-refractivity contribution >= 4 is 29.4 Å². The highest BCUT2D eigenvalue weighted by Gasteiger charge is 2.26. The first-order valence-electron chi connectivity index (χ1n) is 9.70. The van der Waals surface area contributed by atoms with Gasteiger partial charge in [0.15, 0.2) is 0 Å². The van der Waals surface area contributed by atoms with E-state index in [2.05, 4.69) is 22.3 Å². The molecule has 2 aromatic rings. The van der Waals surface area contributed by atoms with Crippen LogP contribution < -0.4 is 5.32 Å². The van der Waals surface area contributed by atoms with Crippen LogP contribution >= 0.6 is 23.5 Å². The minimum absolute atomic E-state index is 0.0205. The Morgan fingerprint density at radius 1 is 1.14 bits per heavy atom. The molecule has 2 aliphatic heterocycles. The van der Waals surface area contributed by atoms with E-state index in [4.69, 9.17) is 9.15 Å². The second kappa shape index (κ2) is 9.39. The van der Waals surface area contributed by atoms with Gasteiger partial charge in [-0.3, -0.25) is 9.69 Å². The van der Waals surface area contributed by atoms with E-state index in [1.54, 1.807) is 0 Å². The first kappa shape index (κ1) is 19.9. The van der Waals surface area contributed by atoms with Gasteiger partial charge in [0, 0.05) is 36.7 Å². The number of amides is 1. The van der Waals surface area contributed by atoms with Crippen LogP contribution in [0.1, 0.15) is 38.1 Å². The minimum Gasteiger partial charge on any atom is -0.465 e. The molecule has 28 heavy (non-hydrogen) atoms. The Hall–Kier alpha value is -1.41. The van der Waals surface area contributed by atoms with Crippen LogP contribution in [0.2, 0.25) is 0 Å². The molecular formula is C21H26N2O3S2. The van der Waals surface area contributed by atoms with Gasteiger partial charge in [0.2, 0.25) is 0 Å². The highest BCUT2D eigenvalue weighted by molar-refractivity contribution is 8.19. The van der Waals surface area contributed by atoms with Crippen LogP contribution in [0.3, 0.4) is 0 Å². The zero-order chi connectivity index (χ0) is 19.3. The van der Waals surface area contributed by atoms with E-state index < -0.39 is 0 Å². The van der Waals surface area contributed by atoms with Gasteiger partial charge in [-0.05, 0) is 36.8 Å². The SMILES string of the molecule is Cc1ccc(C(CNC(=O)c2ccc(C3SCCS3)cc2)N2CCOCC2)o1. The van der Waals surface area contributed by atoms with Crippen LogP contribution in [0.5, 0.6) is 0 Å². The molecule has 5 nitrogen and oxygen atoms in total. The molecule has 2 aliphatic rings. The second-order valence-electron chi connectivity index (χ2n) is 7.02. The lowest BCUT2D eigenvalue weighted by Gasteiger charge is -2.33. The second-order valence-corrected chi connectivity index (χ2v) is 9.74. The third kappa shape index (κ3) is 4.76. The molecular weight excluding hydrogens is 392 g/mol. The molecule has 1 aromatic carbocycles. The number of ether oxygens (including phenoxy) is 1. The normalized spacial score (nSPS) is 19.6. The van der Waals surface area contributed by atoms with Crippen molar-refractivity contribution in [1.82, 2.24) is 10.2 Å². The van der Waals surface area contributed by atoms with Gasteiger partial charge < -0.3 is 14.5 Å². The molecule has 2 fully saturated rings. The van der Waals surface area contributed by atoms with Gasteiger partial charge >= 0.3 is 0 Å². The number of morpholine rings is 1. The number of hydrogen-bond acceptors (Lipinski definition) is 6. The van der Waals surface area contributed by atoms with E-state index in [1.165, 1.54) is 17.1 Å². The van der Waals surface area contributed by atoms with Crippen LogP contribution in [-0.2, 0) is 4.74 Å². The van der Waals surface area contributed by atoms with Crippen molar-refractivity contribution in [2.24, 2.45) is 0 Å². The molecule has 2 saturated heterocycles. The van der Waals surface area contributed by atoms with Gasteiger partial charge in [0.25, 0.3) is 5.91 Å². The summed E-state index contributed by atoms with van der Waals surface area (Å²) in [4.78, 5) is 15.0. The molecule has 0 bridgehead atoms. The van der Waals surface area contributed by atoms with Crippen molar-refractivity contribution in [3.05, 3.63) is 59.0 Å². The van der Waals surface area contributed by atoms with E-state index in [1.807, 2.05) is 54.7 Å². The smallest absolute Gasteiger partial charge is 0.251 e. The minimum atomic E-state index is -0.0418. The number of hydrogen-bond donors (Lipinski definition) is 1. The molecule has 1 aromatic heterocycles. The molecule has 1 N–H and O–H groups in total. The van der Waals surface area contributed by atoms with Gasteiger partial charge in [-0.15, -0.1) is 23.5 Å². The van der Waals surface area contributed by atoms with Crippen LogP contribution in [-0.4, -0.2) is 55.2 Å². The summed E-state index contributed by atoms with van der Waals surface area (Å²) in [5.41, 5.74) is 1.99. The predicted molar refractivity (Wildman–Crippen MR) is 115 cm³/mol. The lowest BCUT2D eigenvalue weighted by molar-refractivity contribution is 0.0117. The fraction of sp³-hybridized carbons (Fsp3) is 0.476. The van der Waals surface area contributed by atoms with Crippen molar-refractivity contribution in [2.45, 2.75) is 17.5 Å². The number of nitrogens with zero attached hydrogens (tertiary/aromatic N) is 1. The summed E-state index contributed by atoms with van der Waals surface area (Å²) in [5, 5.41) is 3.10. The first-order chi connectivity index (χ1) is 13.7. The average molecular weight is 419 g/mol. The Labute approximate surface area is 174 Å². The van der Waals surface area contributed by atoms with Crippen molar-refractivity contribution in [3.63, 3.8) is 0 Å². The standard InChI is InChI=1S/C21H26N2O3S2/c1-15-2-7-19(26-15)18(23-8-10-25-11-9-23)14-22-20(24)16-3-5-17(6-4-16)21-27-12-13-28-21/h2-7,18,21H,8-14H2,1H3,(H,22,24). The maximum atomic E-state index is 12.7. The Balaban J connectivity index is 1.40. The lowest BCUT2D eigenvalue weighted by atomic mass is 10.1. The van der Waals surface area contributed by atoms with Crippen molar-refractivity contribution in [1.29, 1.82) is 0 Å². The lowest BCUT2D eigenvalue weighted by Crippen LogP contribution is -2.43. The number of thioether (sulfide) groups is 2. The van der Waals surface area contributed by atoms with Gasteiger partial charge in [0.05, 0.1) is 23.8 Å². The Morgan fingerprint density at radius 2 is 1.86 bits per heavy atom. The fourth-order valence-corrected chi connectivity index (χ4v) is 6.42. The van der Waals surface area contributed by atoms with Crippen molar-refractivity contribution < 1.29 is 13.9 Å². The molecule has 0 saturated carbocycles. The maximum Gasteiger partial charge on any atom is 0.251 e. The third-order valence-electron chi connectivity index (χ3n) is 5.10. The number of nitrogens with one attached hydrogen (secondary N) is 1. The Morgan fingerprint density at radius 3 is 2.50 bits per heavy atom. The summed E-state index contributed by atoms with van der Waals surface area (Å²) in [5.74, 6) is 4.14. The van der Waals surface area contributed by atoms with Gasteiger partial charge in [-0.25, -0.2) is 0 Å². The molecule has 0 spiro atoms. The number of carbonyl (C=O) groups excluding carboxylic acids is 1. The molecule has 0 radical (unpaired) electrons. The van der Waals surface area contributed by atoms with Crippen LogP contribution in [0.4, 0.5) is 0 Å². The van der Waals surface area contributed by atoms with E-state index in [0.29, 0.717) is 29.9 Å². The predicted octanol–water partition coefficient (Wildman–Crippen LogP) is 3.87. The van der Waals surface area contributed by atoms with Gasteiger partial charge in [-0.2, -0.15) is 0 Å². The van der Waals surface area contributed by atoms with E-state index >= 15 is 0 Å². The first-order valence-corrected chi connectivity index (χ1v) is 11.8. The molecule has 150 valence electrons. The number of rotatable bonds is 6. The maximum absolute atomic E-state index is 12.7. The Bertz CT molecular complexity index is 781. The molecule has 3 heterocycles. The summed E-state index contributed by atoms with van der Waals surface area (Å²) in [6, 6.07) is 12.0. The quantitative estimate of drug-likeness (QED) is 0.769. The highest BCUT2D eigenvalue weighted by Crippen LogP contribution is 2.45. The zero-order valence-electron chi connectivity index (χ0n) is 16.1. The number of furan rings is 1. The summed E-state index contributed by atoms with van der Waals surface area (Å²) < 4.78 is 11.9. The monoisotopic (exact) mass is 418 g/mol. The summed E-state index contributed by atoms with van der Waals surface area (Å²) in [6.07, 6.45) is 0. The third-order valence-corrected chi connectivity index (χ3v) is 8.20. The number of aryl methyl sites for hydroxylation is 1. The van der Waals surface area contributed by atoms with Gasteiger partial charge in [-0.1, -0.05) is 12.1 Å². The molecule has 4 rings (SSSR count). The summed E-state index contributed by atoms with van der Waals surface area (Å²) in [7, 11) is 0. The van der Waals surface area contributed by atoms with Crippen LogP contribution in [0.25, 0.3) is 0 Å². The van der Waals surface area contributed by atoms with Crippen molar-refractivity contribution in [3.8, 4) is 0 Å². The van der Waals surface area contributed by atoms with Crippen LogP contribution in [0, 0.1) is 6.92 Å². The highest BCUT2D eigenvalue weighted by atomic mass is 32.2. The van der Waals surface area contributed by atoms with E-state index in [9.17, 15) is 4.79 Å². The topological polar surface area (TPSA) is 54.7 Å². The summed E-state index contributed by atoms with van der Waals surface area (Å²) in [6.45, 7) is 5.56. The average Bonchev–Trinajstić information content (AvgIpc) is 3.41. The Kier molecular flexibility index (Phi) is 6.67. The number of carbonyl (C=O) groups is 1.